The molecular weight excluding hydrogens is 493 g/mol. The Hall–Kier alpha value is -4.14. The average molecular weight is 510 g/mol. The van der Waals surface area contributed by atoms with Crippen LogP contribution in [-0.2, 0) is 14.3 Å². The standard InChI is InChI=1S/C25H17Cl2N3O5/c1-35-25(34)15-6-3-9-18(12-15)29-22(31)14-5-2-8-17(11-14)28-21-20(27)23(32)30(24(21)33)19-10-4-7-16(26)13-19/h2-13,28H,1H3,(H,29,31). The van der Waals surface area contributed by atoms with E-state index in [0.29, 0.717) is 16.4 Å². The lowest BCUT2D eigenvalue weighted by atomic mass is 10.1. The Kier molecular flexibility index (Phi) is 6.86. The number of imide groups is 1. The molecule has 0 aliphatic carbocycles. The van der Waals surface area contributed by atoms with Crippen molar-refractivity contribution < 1.29 is 23.9 Å². The molecule has 4 rings (SSSR count). The van der Waals surface area contributed by atoms with Crippen molar-refractivity contribution in [3.05, 3.63) is 99.7 Å². The maximum Gasteiger partial charge on any atom is 0.337 e. The number of carbonyl (C=O) groups is 4. The highest BCUT2D eigenvalue weighted by Crippen LogP contribution is 2.31. The summed E-state index contributed by atoms with van der Waals surface area (Å²) in [7, 11) is 1.27. The number of halogens is 2. The lowest BCUT2D eigenvalue weighted by Gasteiger charge is -2.15. The molecule has 176 valence electrons. The lowest BCUT2D eigenvalue weighted by molar-refractivity contribution is -0.120. The molecule has 8 nitrogen and oxygen atoms in total. The number of hydrogen-bond acceptors (Lipinski definition) is 6. The molecule has 0 saturated heterocycles. The summed E-state index contributed by atoms with van der Waals surface area (Å²) in [6.07, 6.45) is 0. The van der Waals surface area contributed by atoms with Crippen molar-refractivity contribution >= 4 is 64.0 Å². The Morgan fingerprint density at radius 3 is 2.20 bits per heavy atom. The molecule has 3 amide bonds. The highest BCUT2D eigenvalue weighted by Gasteiger charge is 2.39. The van der Waals surface area contributed by atoms with Gasteiger partial charge in [0.1, 0.15) is 10.7 Å². The third-order valence-electron chi connectivity index (χ3n) is 5.03. The number of carbonyl (C=O) groups excluding carboxylic acids is 4. The number of methoxy groups -OCH3 is 1. The highest BCUT2D eigenvalue weighted by molar-refractivity contribution is 6.53. The van der Waals surface area contributed by atoms with Gasteiger partial charge in [-0.05, 0) is 54.6 Å². The van der Waals surface area contributed by atoms with E-state index in [2.05, 4.69) is 15.4 Å². The van der Waals surface area contributed by atoms with Gasteiger partial charge < -0.3 is 15.4 Å². The molecule has 0 radical (unpaired) electrons. The first-order chi connectivity index (χ1) is 16.8. The fourth-order valence-corrected chi connectivity index (χ4v) is 3.79. The monoisotopic (exact) mass is 509 g/mol. The van der Waals surface area contributed by atoms with Crippen LogP contribution in [0.3, 0.4) is 0 Å². The molecular formula is C25H17Cl2N3O5. The molecule has 0 unspecified atom stereocenters. The first-order valence-corrected chi connectivity index (χ1v) is 10.9. The number of ether oxygens (including phenoxy) is 1. The number of rotatable bonds is 6. The van der Waals surface area contributed by atoms with Gasteiger partial charge in [-0.3, -0.25) is 14.4 Å². The molecule has 1 aliphatic rings. The van der Waals surface area contributed by atoms with E-state index in [1.165, 1.54) is 25.3 Å². The molecule has 0 spiro atoms. The number of amides is 3. The molecule has 0 saturated carbocycles. The molecule has 3 aromatic carbocycles. The van der Waals surface area contributed by atoms with E-state index in [4.69, 9.17) is 23.2 Å². The number of hydrogen-bond donors (Lipinski definition) is 2. The van der Waals surface area contributed by atoms with Crippen LogP contribution in [0.5, 0.6) is 0 Å². The largest absolute Gasteiger partial charge is 0.465 e. The summed E-state index contributed by atoms with van der Waals surface area (Å²) in [5, 5.41) is 5.61. The van der Waals surface area contributed by atoms with Gasteiger partial charge in [-0.2, -0.15) is 0 Å². The van der Waals surface area contributed by atoms with E-state index in [0.717, 1.165) is 4.90 Å². The number of benzene rings is 3. The van der Waals surface area contributed by atoms with Crippen LogP contribution in [0.2, 0.25) is 5.02 Å². The second-order valence-electron chi connectivity index (χ2n) is 7.35. The van der Waals surface area contributed by atoms with Crippen molar-refractivity contribution in [2.75, 3.05) is 22.6 Å². The van der Waals surface area contributed by atoms with Crippen LogP contribution < -0.4 is 15.5 Å². The van der Waals surface area contributed by atoms with Crippen LogP contribution in [0.1, 0.15) is 20.7 Å². The quantitative estimate of drug-likeness (QED) is 0.364. The predicted molar refractivity (Wildman–Crippen MR) is 133 cm³/mol. The molecule has 1 heterocycles. The summed E-state index contributed by atoms with van der Waals surface area (Å²) in [5.74, 6) is -2.33. The molecule has 1 aliphatic heterocycles. The van der Waals surface area contributed by atoms with Gasteiger partial charge in [0.05, 0.1) is 18.4 Å². The van der Waals surface area contributed by atoms with Gasteiger partial charge in [-0.1, -0.05) is 41.4 Å². The summed E-state index contributed by atoms with van der Waals surface area (Å²) in [5.41, 5.74) is 1.47. The minimum atomic E-state index is -0.694. The van der Waals surface area contributed by atoms with Crippen molar-refractivity contribution in [1.29, 1.82) is 0 Å². The highest BCUT2D eigenvalue weighted by atomic mass is 35.5. The Balaban J connectivity index is 1.52. The van der Waals surface area contributed by atoms with Gasteiger partial charge in [-0.25, -0.2) is 9.69 Å². The van der Waals surface area contributed by atoms with E-state index in [-0.39, 0.29) is 27.5 Å². The smallest absolute Gasteiger partial charge is 0.337 e. The Labute approximate surface area is 210 Å². The molecule has 35 heavy (non-hydrogen) atoms. The van der Waals surface area contributed by atoms with Crippen LogP contribution in [0, 0.1) is 0 Å². The minimum Gasteiger partial charge on any atom is -0.465 e. The van der Waals surface area contributed by atoms with E-state index < -0.39 is 23.7 Å². The molecule has 0 fully saturated rings. The first-order valence-electron chi connectivity index (χ1n) is 10.2. The normalized spacial score (nSPS) is 13.2. The summed E-state index contributed by atoms with van der Waals surface area (Å²) in [4.78, 5) is 51.0. The van der Waals surface area contributed by atoms with Gasteiger partial charge in [0.25, 0.3) is 17.7 Å². The Morgan fingerprint density at radius 1 is 0.829 bits per heavy atom. The maximum atomic E-state index is 13.0. The zero-order valence-corrected chi connectivity index (χ0v) is 19.7. The fourth-order valence-electron chi connectivity index (χ4n) is 3.39. The third-order valence-corrected chi connectivity index (χ3v) is 5.62. The Morgan fingerprint density at radius 2 is 1.49 bits per heavy atom. The van der Waals surface area contributed by atoms with E-state index in [1.807, 2.05) is 0 Å². The fraction of sp³-hybridized carbons (Fsp3) is 0.0400. The molecule has 0 bridgehead atoms. The van der Waals surface area contributed by atoms with Crippen molar-refractivity contribution in [3.63, 3.8) is 0 Å². The van der Waals surface area contributed by atoms with Crippen molar-refractivity contribution in [1.82, 2.24) is 0 Å². The lowest BCUT2D eigenvalue weighted by Crippen LogP contribution is -2.32. The zero-order chi connectivity index (χ0) is 25.1. The summed E-state index contributed by atoms with van der Waals surface area (Å²) < 4.78 is 4.69. The molecule has 3 aromatic rings. The molecule has 0 aromatic heterocycles. The van der Waals surface area contributed by atoms with Gasteiger partial charge in [-0.15, -0.1) is 0 Å². The van der Waals surface area contributed by atoms with Crippen molar-refractivity contribution in [2.45, 2.75) is 0 Å². The summed E-state index contributed by atoms with van der Waals surface area (Å²) in [6, 6.07) is 18.9. The maximum absolute atomic E-state index is 13.0. The van der Waals surface area contributed by atoms with Crippen molar-refractivity contribution in [2.24, 2.45) is 0 Å². The SMILES string of the molecule is COC(=O)c1cccc(NC(=O)c2cccc(NC3=C(Cl)C(=O)N(c4cccc(Cl)c4)C3=O)c2)c1. The topological polar surface area (TPSA) is 105 Å². The van der Waals surface area contributed by atoms with Gasteiger partial charge >= 0.3 is 5.97 Å². The number of nitrogens with one attached hydrogen (secondary N) is 2. The molecule has 10 heteroatoms. The molecule has 0 atom stereocenters. The number of esters is 1. The summed E-state index contributed by atoms with van der Waals surface area (Å²) >= 11 is 12.2. The minimum absolute atomic E-state index is 0.125. The number of nitrogens with zero attached hydrogens (tertiary/aromatic N) is 1. The third kappa shape index (κ3) is 5.03. The van der Waals surface area contributed by atoms with Crippen LogP contribution in [0.4, 0.5) is 17.1 Å². The van der Waals surface area contributed by atoms with Crippen molar-refractivity contribution in [3.8, 4) is 0 Å². The van der Waals surface area contributed by atoms with Crippen LogP contribution in [0.15, 0.2) is 83.5 Å². The second-order valence-corrected chi connectivity index (χ2v) is 8.16. The van der Waals surface area contributed by atoms with Gasteiger partial charge in [0.2, 0.25) is 0 Å². The number of anilines is 3. The van der Waals surface area contributed by atoms with E-state index in [9.17, 15) is 19.2 Å². The second kappa shape index (κ2) is 10.0. The average Bonchev–Trinajstić information content (AvgIpc) is 3.06. The van der Waals surface area contributed by atoms with Crippen LogP contribution in [-0.4, -0.2) is 30.8 Å². The predicted octanol–water partition coefficient (Wildman–Crippen LogP) is 4.81. The van der Waals surface area contributed by atoms with Crippen LogP contribution in [0.25, 0.3) is 0 Å². The van der Waals surface area contributed by atoms with Gasteiger partial charge in [0, 0.05) is 22.0 Å². The first kappa shape index (κ1) is 24.0. The summed E-state index contributed by atoms with van der Waals surface area (Å²) in [6.45, 7) is 0. The zero-order valence-electron chi connectivity index (χ0n) is 18.2. The van der Waals surface area contributed by atoms with Gasteiger partial charge in [0.15, 0.2) is 0 Å². The van der Waals surface area contributed by atoms with E-state index in [1.54, 1.807) is 54.6 Å². The Bertz CT molecular complexity index is 1400. The van der Waals surface area contributed by atoms with E-state index >= 15 is 0 Å². The molecule has 2 N–H and O–H groups in total. The van der Waals surface area contributed by atoms with Crippen LogP contribution >= 0.6 is 23.2 Å².